The Morgan fingerprint density at radius 3 is 2.51 bits per heavy atom. The first-order valence-corrected chi connectivity index (χ1v) is 12.5. The molecule has 4 heterocycles. The normalized spacial score (nSPS) is 18.9. The zero-order chi connectivity index (χ0) is 25.4. The first kappa shape index (κ1) is 23.2. The second-order valence-electron chi connectivity index (χ2n) is 9.63. The van der Waals surface area contributed by atoms with Crippen LogP contribution in [0.25, 0.3) is 11.0 Å². The Bertz CT molecular complexity index is 1410. The summed E-state index contributed by atoms with van der Waals surface area (Å²) in [4.78, 5) is 28.4. The van der Waals surface area contributed by atoms with Crippen LogP contribution in [0.4, 0.5) is 0 Å². The van der Waals surface area contributed by atoms with E-state index in [1.54, 1.807) is 18.4 Å². The molecule has 1 unspecified atom stereocenters. The largest absolute Gasteiger partial charge is 0.508 e. The zero-order valence-corrected chi connectivity index (χ0v) is 20.2. The highest BCUT2D eigenvalue weighted by Crippen LogP contribution is 2.35. The number of hydrogen-bond donors (Lipinski definition) is 1. The molecule has 1 N–H and O–H groups in total. The molecule has 2 aromatic carbocycles. The number of nitrogens with zero attached hydrogens (tertiary/aromatic N) is 3. The fourth-order valence-electron chi connectivity index (χ4n) is 5.19. The summed E-state index contributed by atoms with van der Waals surface area (Å²) in [5, 5.41) is 16.7. The van der Waals surface area contributed by atoms with E-state index >= 15 is 0 Å². The van der Waals surface area contributed by atoms with Gasteiger partial charge in [-0.3, -0.25) is 14.5 Å². The molecular formula is C29H27N3O5. The fourth-order valence-corrected chi connectivity index (χ4v) is 5.19. The van der Waals surface area contributed by atoms with Crippen LogP contribution in [0.3, 0.4) is 0 Å². The van der Waals surface area contributed by atoms with E-state index in [1.807, 2.05) is 42.5 Å². The van der Waals surface area contributed by atoms with Crippen molar-refractivity contribution in [1.29, 1.82) is 0 Å². The molecule has 188 valence electrons. The maximum absolute atomic E-state index is 13.5. The number of carbonyl (C=O) groups is 2. The van der Waals surface area contributed by atoms with Gasteiger partial charge in [0.05, 0.1) is 12.8 Å². The quantitative estimate of drug-likeness (QED) is 0.376. The van der Waals surface area contributed by atoms with Gasteiger partial charge in [-0.25, -0.2) is 5.01 Å². The molecule has 2 aliphatic heterocycles. The van der Waals surface area contributed by atoms with Crippen molar-refractivity contribution >= 4 is 28.4 Å². The number of para-hydroxylation sites is 1. The molecule has 8 heteroatoms. The number of benzene rings is 2. The van der Waals surface area contributed by atoms with Gasteiger partial charge in [0, 0.05) is 23.3 Å². The van der Waals surface area contributed by atoms with Crippen LogP contribution in [0.2, 0.25) is 0 Å². The van der Waals surface area contributed by atoms with Crippen molar-refractivity contribution < 1.29 is 23.5 Å². The van der Waals surface area contributed by atoms with Gasteiger partial charge in [0.1, 0.15) is 28.8 Å². The number of piperidine rings is 1. The molecular weight excluding hydrogens is 470 g/mol. The summed E-state index contributed by atoms with van der Waals surface area (Å²) in [6, 6.07) is 19.5. The highest BCUT2D eigenvalue weighted by atomic mass is 16.3. The minimum Gasteiger partial charge on any atom is -0.508 e. The number of hydrogen-bond acceptors (Lipinski definition) is 7. The van der Waals surface area contributed by atoms with Crippen molar-refractivity contribution in [2.24, 2.45) is 11.0 Å². The first-order chi connectivity index (χ1) is 18.0. The van der Waals surface area contributed by atoms with Crippen LogP contribution in [-0.4, -0.2) is 52.1 Å². The summed E-state index contributed by atoms with van der Waals surface area (Å²) in [6.07, 6.45) is 3.47. The first-order valence-electron chi connectivity index (χ1n) is 12.5. The van der Waals surface area contributed by atoms with E-state index in [1.165, 1.54) is 17.1 Å². The molecule has 6 rings (SSSR count). The highest BCUT2D eigenvalue weighted by molar-refractivity contribution is 6.03. The van der Waals surface area contributed by atoms with Crippen LogP contribution in [0, 0.1) is 5.92 Å². The molecule has 2 aromatic heterocycles. The van der Waals surface area contributed by atoms with Crippen LogP contribution in [-0.2, 0) is 4.79 Å². The third-order valence-corrected chi connectivity index (χ3v) is 7.22. The van der Waals surface area contributed by atoms with E-state index in [4.69, 9.17) is 13.9 Å². The molecule has 0 radical (unpaired) electrons. The maximum atomic E-state index is 13.5. The lowest BCUT2D eigenvalue weighted by Gasteiger charge is -2.32. The van der Waals surface area contributed by atoms with E-state index in [0.717, 1.165) is 11.0 Å². The van der Waals surface area contributed by atoms with E-state index in [9.17, 15) is 14.7 Å². The summed E-state index contributed by atoms with van der Waals surface area (Å²) in [7, 11) is 0. The third kappa shape index (κ3) is 4.68. The lowest BCUT2D eigenvalue weighted by Crippen LogP contribution is -2.43. The number of hydrazone groups is 1. The number of ketones is 1. The summed E-state index contributed by atoms with van der Waals surface area (Å²) >= 11 is 0. The number of rotatable bonds is 6. The number of furan rings is 2. The number of carbonyl (C=O) groups excluding carboxylic acids is 2. The topological polar surface area (TPSA) is 99.5 Å². The lowest BCUT2D eigenvalue weighted by atomic mass is 9.89. The summed E-state index contributed by atoms with van der Waals surface area (Å²) < 4.78 is 11.7. The van der Waals surface area contributed by atoms with Gasteiger partial charge in [0.25, 0.3) is 5.91 Å². The van der Waals surface area contributed by atoms with Crippen LogP contribution in [0.15, 0.2) is 86.9 Å². The van der Waals surface area contributed by atoms with Gasteiger partial charge in [0.15, 0.2) is 11.5 Å². The number of amides is 1. The minimum atomic E-state index is -0.334. The molecule has 8 nitrogen and oxygen atoms in total. The molecule has 1 atom stereocenters. The predicted octanol–water partition coefficient (Wildman–Crippen LogP) is 5.00. The fraction of sp³-hybridized carbons (Fsp3) is 0.276. The van der Waals surface area contributed by atoms with Gasteiger partial charge >= 0.3 is 0 Å². The number of phenols is 1. The Hall–Kier alpha value is -4.17. The highest BCUT2D eigenvalue weighted by Gasteiger charge is 2.37. The van der Waals surface area contributed by atoms with Crippen molar-refractivity contribution in [3.63, 3.8) is 0 Å². The van der Waals surface area contributed by atoms with Crippen molar-refractivity contribution in [3.05, 3.63) is 90.1 Å². The Labute approximate surface area is 213 Å². The number of likely N-dealkylation sites (tertiary alicyclic amines) is 1. The third-order valence-electron chi connectivity index (χ3n) is 7.22. The van der Waals surface area contributed by atoms with E-state index in [2.05, 4.69) is 4.90 Å². The number of fused-ring (bicyclic) bond motifs is 1. The van der Waals surface area contributed by atoms with Gasteiger partial charge < -0.3 is 13.9 Å². The molecule has 0 bridgehead atoms. The van der Waals surface area contributed by atoms with Crippen molar-refractivity contribution in [3.8, 4) is 5.75 Å². The van der Waals surface area contributed by atoms with Gasteiger partial charge in [-0.1, -0.05) is 18.2 Å². The molecule has 0 saturated carbocycles. The maximum Gasteiger partial charge on any atom is 0.257 e. The van der Waals surface area contributed by atoms with Gasteiger partial charge in [-0.15, -0.1) is 0 Å². The smallest absolute Gasteiger partial charge is 0.257 e. The number of aromatic hydroxyl groups is 1. The second kappa shape index (κ2) is 9.71. The van der Waals surface area contributed by atoms with E-state index in [-0.39, 0.29) is 35.9 Å². The Morgan fingerprint density at radius 2 is 1.78 bits per heavy atom. The van der Waals surface area contributed by atoms with Gasteiger partial charge in [-0.05, 0) is 74.5 Å². The van der Waals surface area contributed by atoms with Gasteiger partial charge in [0.2, 0.25) is 0 Å². The molecule has 4 aromatic rings. The summed E-state index contributed by atoms with van der Waals surface area (Å²) in [6.45, 7) is 1.52. The monoisotopic (exact) mass is 497 g/mol. The lowest BCUT2D eigenvalue weighted by molar-refractivity contribution is -0.134. The Morgan fingerprint density at radius 1 is 1.00 bits per heavy atom. The van der Waals surface area contributed by atoms with Crippen molar-refractivity contribution in [2.45, 2.75) is 25.3 Å². The van der Waals surface area contributed by atoms with Gasteiger partial charge in [-0.2, -0.15) is 5.10 Å². The average molecular weight is 498 g/mol. The minimum absolute atomic E-state index is 0.0866. The molecule has 2 aliphatic rings. The molecule has 1 fully saturated rings. The molecule has 0 spiro atoms. The summed E-state index contributed by atoms with van der Waals surface area (Å²) in [5.41, 5.74) is 2.10. The molecule has 0 aliphatic carbocycles. The van der Waals surface area contributed by atoms with Crippen LogP contribution >= 0.6 is 0 Å². The predicted molar refractivity (Wildman–Crippen MR) is 137 cm³/mol. The van der Waals surface area contributed by atoms with Crippen molar-refractivity contribution in [2.75, 3.05) is 19.6 Å². The Balaban J connectivity index is 1.14. The molecule has 1 saturated heterocycles. The second-order valence-corrected chi connectivity index (χ2v) is 9.63. The zero-order valence-electron chi connectivity index (χ0n) is 20.2. The van der Waals surface area contributed by atoms with Crippen LogP contribution in [0.5, 0.6) is 5.75 Å². The van der Waals surface area contributed by atoms with Crippen LogP contribution < -0.4 is 0 Å². The Kier molecular flexibility index (Phi) is 6.10. The number of Topliss-reactive ketones (excluding diaryl/α,β-unsaturated/α-hetero) is 1. The number of phenolic OH excluding ortho intramolecular Hbond substituents is 1. The molecule has 37 heavy (non-hydrogen) atoms. The SMILES string of the molecule is O=C(c1ccc(O)cc1)C1CCN(CC(=O)N2N=C(c3cc4ccccc4o3)CC2c2ccco2)CC1. The van der Waals surface area contributed by atoms with Crippen LogP contribution in [0.1, 0.15) is 47.2 Å². The standard InChI is InChI=1S/C29H27N3O5/c33-22-9-7-19(8-10-22)29(35)20-11-13-31(14-12-20)18-28(34)32-24(26-6-3-15-36-26)17-23(30-32)27-16-21-4-1-2-5-25(21)37-27/h1-10,15-16,20,24,33H,11-14,17-18H2. The van der Waals surface area contributed by atoms with Crippen molar-refractivity contribution in [1.82, 2.24) is 9.91 Å². The molecule has 1 amide bonds. The van der Waals surface area contributed by atoms with E-state index < -0.39 is 0 Å². The van der Waals surface area contributed by atoms with E-state index in [0.29, 0.717) is 55.1 Å². The average Bonchev–Trinajstić information content (AvgIpc) is 3.68. The summed E-state index contributed by atoms with van der Waals surface area (Å²) in [5.74, 6) is 1.37.